The number of nitrogens with one attached hydrogen (secondary N) is 2. The third-order valence-corrected chi connectivity index (χ3v) is 8.61. The molecule has 0 saturated carbocycles. The number of nitrogens with zero attached hydrogens (tertiary/aromatic N) is 7. The van der Waals surface area contributed by atoms with Gasteiger partial charge in [0, 0.05) is 78.4 Å². The summed E-state index contributed by atoms with van der Waals surface area (Å²) in [6, 6.07) is 10.4. The van der Waals surface area contributed by atoms with Crippen LogP contribution in [0, 0.1) is 0 Å². The second-order valence-electron chi connectivity index (χ2n) is 9.65. The second kappa shape index (κ2) is 11.4. The molecule has 1 aliphatic rings. The van der Waals surface area contributed by atoms with E-state index in [4.69, 9.17) is 9.72 Å². The maximum Gasteiger partial charge on any atom is 0.229 e. The number of aryl methyl sites for hydroxylation is 1. The minimum atomic E-state index is -0.461. The van der Waals surface area contributed by atoms with Gasteiger partial charge in [0.1, 0.15) is 5.82 Å². The van der Waals surface area contributed by atoms with Crippen molar-refractivity contribution in [1.29, 1.82) is 0 Å². The maximum absolute atomic E-state index is 5.58. The molecular formula is C28H29BrN9OP. The van der Waals surface area contributed by atoms with E-state index in [9.17, 15) is 0 Å². The number of fused-ring (bicyclic) bond motifs is 1. The summed E-state index contributed by atoms with van der Waals surface area (Å²) in [6.07, 6.45) is 9.13. The van der Waals surface area contributed by atoms with Crippen LogP contribution in [-0.2, 0) is 11.8 Å². The fourth-order valence-corrected chi connectivity index (χ4v) is 6.33. The van der Waals surface area contributed by atoms with Crippen molar-refractivity contribution in [2.24, 2.45) is 7.05 Å². The number of ether oxygens (including phenoxy) is 1. The smallest absolute Gasteiger partial charge is 0.229 e. The molecule has 5 aromatic rings. The minimum absolute atomic E-state index is 0.461. The summed E-state index contributed by atoms with van der Waals surface area (Å²) in [4.78, 5) is 20.8. The highest BCUT2D eigenvalue weighted by Gasteiger charge is 2.19. The zero-order chi connectivity index (χ0) is 27.6. The Balaban J connectivity index is 1.32. The topological polar surface area (TPSA) is 106 Å². The molecule has 1 fully saturated rings. The Hall–Kier alpha value is -3.66. The van der Waals surface area contributed by atoms with Crippen LogP contribution in [0.15, 0.2) is 65.8 Å². The molecule has 204 valence electrons. The van der Waals surface area contributed by atoms with Gasteiger partial charge in [0.15, 0.2) is 0 Å². The summed E-state index contributed by atoms with van der Waals surface area (Å²) in [5.41, 5.74) is 6.94. The average Bonchev–Trinajstić information content (AvgIpc) is 3.41. The fourth-order valence-electron chi connectivity index (χ4n) is 4.83. The normalized spacial score (nSPS) is 13.7. The summed E-state index contributed by atoms with van der Waals surface area (Å²) < 4.78 is 8.16. The van der Waals surface area contributed by atoms with Gasteiger partial charge in [0.2, 0.25) is 5.95 Å². The highest BCUT2D eigenvalue weighted by molar-refractivity contribution is 9.10. The predicted octanol–water partition coefficient (Wildman–Crippen LogP) is 5.27. The molecule has 40 heavy (non-hydrogen) atoms. The van der Waals surface area contributed by atoms with Crippen molar-refractivity contribution in [3.05, 3.63) is 65.8 Å². The molecule has 0 spiro atoms. The number of hydrogen-bond acceptors (Lipinski definition) is 9. The van der Waals surface area contributed by atoms with E-state index >= 15 is 0 Å². The molecule has 0 amide bonds. The fraction of sp³-hybridized carbons (Fsp3) is 0.250. The van der Waals surface area contributed by atoms with Crippen molar-refractivity contribution in [2.45, 2.75) is 0 Å². The summed E-state index contributed by atoms with van der Waals surface area (Å²) in [5.74, 6) is 1.15. The lowest BCUT2D eigenvalue weighted by Crippen LogP contribution is -2.36. The Morgan fingerprint density at radius 2 is 1.80 bits per heavy atom. The summed E-state index contributed by atoms with van der Waals surface area (Å²) >= 11 is 3.62. The van der Waals surface area contributed by atoms with Gasteiger partial charge >= 0.3 is 0 Å². The van der Waals surface area contributed by atoms with Crippen LogP contribution in [0.3, 0.4) is 0 Å². The lowest BCUT2D eigenvalue weighted by Gasteiger charge is -2.30. The van der Waals surface area contributed by atoms with E-state index in [1.165, 1.54) is 0 Å². The molecule has 1 saturated heterocycles. The zero-order valence-corrected chi connectivity index (χ0v) is 24.9. The van der Waals surface area contributed by atoms with E-state index in [1.54, 1.807) is 18.6 Å². The van der Waals surface area contributed by atoms with Crippen molar-refractivity contribution >= 4 is 69.0 Å². The molecule has 0 bridgehead atoms. The van der Waals surface area contributed by atoms with E-state index in [1.807, 2.05) is 36.3 Å². The molecule has 0 radical (unpaired) electrons. The Labute approximate surface area is 242 Å². The average molecular weight is 618 g/mol. The first-order valence-electron chi connectivity index (χ1n) is 12.9. The number of hydrogen-bond donors (Lipinski definition) is 2. The lowest BCUT2D eigenvalue weighted by atomic mass is 10.0. The molecule has 2 aromatic carbocycles. The van der Waals surface area contributed by atoms with Gasteiger partial charge in [-0.25, -0.2) is 4.98 Å². The largest absolute Gasteiger partial charge is 0.378 e. The lowest BCUT2D eigenvalue weighted by molar-refractivity contribution is 0.123. The first-order chi connectivity index (χ1) is 19.5. The number of rotatable bonds is 7. The third-order valence-electron chi connectivity index (χ3n) is 6.68. The van der Waals surface area contributed by atoms with Gasteiger partial charge in [0.25, 0.3) is 0 Å². The van der Waals surface area contributed by atoms with Crippen LogP contribution < -0.4 is 20.8 Å². The molecule has 12 heteroatoms. The molecule has 3 aromatic heterocycles. The number of aromatic nitrogens is 6. The molecule has 0 aliphatic carbocycles. The van der Waals surface area contributed by atoms with Gasteiger partial charge in [-0.05, 0) is 59.6 Å². The molecule has 2 N–H and O–H groups in total. The van der Waals surface area contributed by atoms with Gasteiger partial charge in [-0.15, -0.1) is 0 Å². The molecule has 0 atom stereocenters. The van der Waals surface area contributed by atoms with Crippen LogP contribution in [0.25, 0.3) is 22.2 Å². The van der Waals surface area contributed by atoms with Gasteiger partial charge < -0.3 is 20.3 Å². The Bertz CT molecular complexity index is 1670. The number of benzene rings is 2. The predicted molar refractivity (Wildman–Crippen MR) is 166 cm³/mol. The highest BCUT2D eigenvalue weighted by atomic mass is 79.9. The summed E-state index contributed by atoms with van der Waals surface area (Å²) in [6.45, 7) is 7.57. The monoisotopic (exact) mass is 617 g/mol. The SMILES string of the molecule is Cn1cc(-c2cc(Nc3ncc(Br)c(Nc4ccc5nccnc5c4P(C)C)n3)ccc2N2CCOCC2)cn1. The first kappa shape index (κ1) is 26.6. The van der Waals surface area contributed by atoms with E-state index < -0.39 is 7.92 Å². The Morgan fingerprint density at radius 3 is 2.58 bits per heavy atom. The Kier molecular flexibility index (Phi) is 7.60. The van der Waals surface area contributed by atoms with Crippen molar-refractivity contribution in [1.82, 2.24) is 29.7 Å². The third kappa shape index (κ3) is 5.50. The summed E-state index contributed by atoms with van der Waals surface area (Å²) in [7, 11) is 1.47. The van der Waals surface area contributed by atoms with Crippen LogP contribution in [0.4, 0.5) is 28.8 Å². The zero-order valence-electron chi connectivity index (χ0n) is 22.5. The van der Waals surface area contributed by atoms with Crippen LogP contribution in [0.1, 0.15) is 0 Å². The van der Waals surface area contributed by atoms with Crippen LogP contribution in [0.5, 0.6) is 0 Å². The van der Waals surface area contributed by atoms with E-state index in [0.717, 1.165) is 75.3 Å². The number of anilines is 5. The van der Waals surface area contributed by atoms with Gasteiger partial charge in [-0.3, -0.25) is 14.6 Å². The number of halogens is 1. The Morgan fingerprint density at radius 1 is 0.975 bits per heavy atom. The van der Waals surface area contributed by atoms with Crippen LogP contribution in [-0.4, -0.2) is 69.3 Å². The second-order valence-corrected chi connectivity index (χ2v) is 12.7. The standard InChI is InChI=1S/C28H29BrN9OP/c1-37-17-18(15-33-37)20-14-19(4-7-24(20)38-10-12-39-13-11-38)34-28-32-16-21(29)27(36-28)35-23-6-5-22-25(26(23)40(2)3)31-9-8-30-22/h4-9,14-17H,10-13H2,1-3H3,(H2,32,34,35,36). The number of morpholine rings is 1. The van der Waals surface area contributed by atoms with E-state index in [0.29, 0.717) is 11.8 Å². The van der Waals surface area contributed by atoms with Crippen molar-refractivity contribution in [2.75, 3.05) is 55.2 Å². The highest BCUT2D eigenvalue weighted by Crippen LogP contribution is 2.36. The van der Waals surface area contributed by atoms with E-state index in [2.05, 4.69) is 83.0 Å². The van der Waals surface area contributed by atoms with Gasteiger partial charge in [-0.2, -0.15) is 10.1 Å². The molecule has 1 aliphatic heterocycles. The molecule has 0 unspecified atom stereocenters. The first-order valence-corrected chi connectivity index (χ1v) is 15.9. The molecule has 10 nitrogen and oxygen atoms in total. The van der Waals surface area contributed by atoms with Crippen molar-refractivity contribution in [3.8, 4) is 11.1 Å². The molecule has 6 rings (SSSR count). The molecule has 4 heterocycles. The van der Waals surface area contributed by atoms with Crippen molar-refractivity contribution < 1.29 is 4.74 Å². The van der Waals surface area contributed by atoms with Crippen LogP contribution >= 0.6 is 23.9 Å². The molecular weight excluding hydrogens is 589 g/mol. The van der Waals surface area contributed by atoms with E-state index in [-0.39, 0.29) is 0 Å². The maximum atomic E-state index is 5.58. The van der Waals surface area contributed by atoms with Crippen molar-refractivity contribution in [3.63, 3.8) is 0 Å². The quantitative estimate of drug-likeness (QED) is 0.236. The van der Waals surface area contributed by atoms with Gasteiger partial charge in [-0.1, -0.05) is 7.92 Å². The minimum Gasteiger partial charge on any atom is -0.378 e. The van der Waals surface area contributed by atoms with Crippen LogP contribution in [0.2, 0.25) is 0 Å². The summed E-state index contributed by atoms with van der Waals surface area (Å²) in [5, 5.41) is 12.5. The van der Waals surface area contributed by atoms with Gasteiger partial charge in [0.05, 0.1) is 34.9 Å².